The Hall–Kier alpha value is -1.65. The van der Waals surface area contributed by atoms with Crippen molar-refractivity contribution in [3.8, 4) is 0 Å². The number of amides is 1. The van der Waals surface area contributed by atoms with Crippen molar-refractivity contribution in [3.05, 3.63) is 18.1 Å². The van der Waals surface area contributed by atoms with Gasteiger partial charge in [0, 0.05) is 6.54 Å². The molecule has 0 saturated heterocycles. The van der Waals surface area contributed by atoms with Gasteiger partial charge in [-0.05, 0) is 18.3 Å². The number of rotatable bonds is 3. The van der Waals surface area contributed by atoms with E-state index < -0.39 is 0 Å². The highest BCUT2D eigenvalue weighted by molar-refractivity contribution is 5.92. The monoisotopic (exact) mass is 220 g/mol. The maximum atomic E-state index is 11.7. The van der Waals surface area contributed by atoms with E-state index in [1.165, 1.54) is 31.7 Å². The molecule has 1 amide bonds. The average Bonchev–Trinajstić information content (AvgIpc) is 2.24. The second-order valence-electron chi connectivity index (χ2n) is 4.67. The van der Waals surface area contributed by atoms with Gasteiger partial charge in [-0.25, -0.2) is 9.97 Å². The molecule has 5 heteroatoms. The summed E-state index contributed by atoms with van der Waals surface area (Å²) in [5, 5.41) is 2.88. The molecule has 0 spiro atoms. The first-order chi connectivity index (χ1) is 7.59. The summed E-state index contributed by atoms with van der Waals surface area (Å²) in [5.74, 6) is 0.142. The van der Waals surface area contributed by atoms with E-state index in [9.17, 15) is 4.79 Å². The molecule has 1 aliphatic rings. The van der Waals surface area contributed by atoms with Crippen molar-refractivity contribution in [2.45, 2.75) is 26.2 Å². The minimum atomic E-state index is -0.180. The number of carbonyl (C=O) groups is 1. The van der Waals surface area contributed by atoms with Crippen LogP contribution in [0.4, 0.5) is 5.82 Å². The van der Waals surface area contributed by atoms with Crippen LogP contribution < -0.4 is 11.1 Å². The van der Waals surface area contributed by atoms with Gasteiger partial charge in [0.05, 0.1) is 12.4 Å². The lowest BCUT2D eigenvalue weighted by Crippen LogP contribution is -2.40. The second kappa shape index (κ2) is 4.08. The molecule has 86 valence electrons. The third-order valence-corrected chi connectivity index (χ3v) is 3.14. The molecule has 3 N–H and O–H groups in total. The number of carbonyl (C=O) groups excluding carboxylic acids is 1. The summed E-state index contributed by atoms with van der Waals surface area (Å²) in [5.41, 5.74) is 5.99. The van der Waals surface area contributed by atoms with Crippen molar-refractivity contribution >= 4 is 11.7 Å². The van der Waals surface area contributed by atoms with Gasteiger partial charge in [0.25, 0.3) is 5.91 Å². The topological polar surface area (TPSA) is 80.9 Å². The van der Waals surface area contributed by atoms with Crippen LogP contribution in [0.3, 0.4) is 0 Å². The number of hydrogen-bond acceptors (Lipinski definition) is 4. The highest BCUT2D eigenvalue weighted by Crippen LogP contribution is 2.39. The van der Waals surface area contributed by atoms with Crippen LogP contribution in [0, 0.1) is 5.41 Å². The Morgan fingerprint density at radius 1 is 1.50 bits per heavy atom. The third kappa shape index (κ3) is 2.29. The minimum Gasteiger partial charge on any atom is -0.382 e. The molecule has 0 unspecified atom stereocenters. The van der Waals surface area contributed by atoms with Crippen LogP contribution in [0.2, 0.25) is 0 Å². The molecule has 1 saturated carbocycles. The number of hydrogen-bond donors (Lipinski definition) is 2. The summed E-state index contributed by atoms with van der Waals surface area (Å²) in [6.07, 6.45) is 6.41. The standard InChI is InChI=1S/C11H16N4O/c1-11(3-2-4-11)7-15-10(16)8-5-14-9(12)6-13-8/h5-6H,2-4,7H2,1H3,(H2,12,14)(H,15,16). The van der Waals surface area contributed by atoms with Gasteiger partial charge in [0.15, 0.2) is 0 Å². The lowest BCUT2D eigenvalue weighted by Gasteiger charge is -2.38. The highest BCUT2D eigenvalue weighted by Gasteiger charge is 2.31. The van der Waals surface area contributed by atoms with E-state index in [4.69, 9.17) is 5.73 Å². The van der Waals surface area contributed by atoms with Gasteiger partial charge >= 0.3 is 0 Å². The number of nitrogens with two attached hydrogens (primary N) is 1. The molecular formula is C11H16N4O. The van der Waals surface area contributed by atoms with Crippen LogP contribution in [0.1, 0.15) is 36.7 Å². The van der Waals surface area contributed by atoms with E-state index in [2.05, 4.69) is 22.2 Å². The summed E-state index contributed by atoms with van der Waals surface area (Å²) in [7, 11) is 0. The zero-order chi connectivity index (χ0) is 11.6. The number of aromatic nitrogens is 2. The lowest BCUT2D eigenvalue weighted by molar-refractivity contribution is 0.0885. The number of nitrogens with zero attached hydrogens (tertiary/aromatic N) is 2. The van der Waals surface area contributed by atoms with Crippen LogP contribution >= 0.6 is 0 Å². The predicted molar refractivity (Wildman–Crippen MR) is 60.7 cm³/mol. The van der Waals surface area contributed by atoms with Crippen molar-refractivity contribution in [2.24, 2.45) is 5.41 Å². The average molecular weight is 220 g/mol. The summed E-state index contributed by atoms with van der Waals surface area (Å²) in [6.45, 7) is 2.89. The molecule has 0 radical (unpaired) electrons. The minimum absolute atomic E-state index is 0.180. The van der Waals surface area contributed by atoms with Crippen molar-refractivity contribution in [1.29, 1.82) is 0 Å². The van der Waals surface area contributed by atoms with Crippen LogP contribution in [0.25, 0.3) is 0 Å². The molecule has 1 fully saturated rings. The predicted octanol–water partition coefficient (Wildman–Crippen LogP) is 0.979. The maximum absolute atomic E-state index is 11.7. The molecule has 5 nitrogen and oxygen atoms in total. The number of nitrogen functional groups attached to an aromatic ring is 1. The van der Waals surface area contributed by atoms with E-state index >= 15 is 0 Å². The van der Waals surface area contributed by atoms with Gasteiger partial charge in [-0.3, -0.25) is 4.79 Å². The van der Waals surface area contributed by atoms with E-state index in [1.807, 2.05) is 0 Å². The SMILES string of the molecule is CC1(CNC(=O)c2cnc(N)cn2)CCC1. The van der Waals surface area contributed by atoms with Crippen LogP contribution in [0.15, 0.2) is 12.4 Å². The van der Waals surface area contributed by atoms with E-state index in [0.29, 0.717) is 18.1 Å². The Labute approximate surface area is 94.5 Å². The van der Waals surface area contributed by atoms with Gasteiger partial charge in [-0.1, -0.05) is 13.3 Å². The smallest absolute Gasteiger partial charge is 0.271 e. The molecule has 16 heavy (non-hydrogen) atoms. The Balaban J connectivity index is 1.90. The largest absolute Gasteiger partial charge is 0.382 e. The molecule has 0 aromatic carbocycles. The van der Waals surface area contributed by atoms with Gasteiger partial charge in [-0.2, -0.15) is 0 Å². The summed E-state index contributed by atoms with van der Waals surface area (Å²) < 4.78 is 0. The second-order valence-corrected chi connectivity index (χ2v) is 4.67. The molecule has 1 aromatic heterocycles. The van der Waals surface area contributed by atoms with E-state index in [-0.39, 0.29) is 11.3 Å². The zero-order valence-electron chi connectivity index (χ0n) is 9.36. The first-order valence-electron chi connectivity index (χ1n) is 5.45. The Kier molecular flexibility index (Phi) is 2.77. The van der Waals surface area contributed by atoms with Gasteiger partial charge < -0.3 is 11.1 Å². The van der Waals surface area contributed by atoms with Crippen LogP contribution in [0.5, 0.6) is 0 Å². The molecule has 1 heterocycles. The normalized spacial score (nSPS) is 17.6. The van der Waals surface area contributed by atoms with Crippen molar-refractivity contribution in [2.75, 3.05) is 12.3 Å². The maximum Gasteiger partial charge on any atom is 0.271 e. The molecule has 1 aliphatic carbocycles. The van der Waals surface area contributed by atoms with Crippen LogP contribution in [-0.2, 0) is 0 Å². The first kappa shape index (κ1) is 10.9. The van der Waals surface area contributed by atoms with E-state index in [1.54, 1.807) is 0 Å². The van der Waals surface area contributed by atoms with Crippen molar-refractivity contribution < 1.29 is 4.79 Å². The fourth-order valence-corrected chi connectivity index (χ4v) is 1.80. The fraction of sp³-hybridized carbons (Fsp3) is 0.545. The molecule has 0 bridgehead atoms. The number of anilines is 1. The van der Waals surface area contributed by atoms with Gasteiger partial charge in [0.1, 0.15) is 11.5 Å². The summed E-state index contributed by atoms with van der Waals surface area (Å²) >= 11 is 0. The molecule has 2 rings (SSSR count). The Morgan fingerprint density at radius 2 is 2.25 bits per heavy atom. The molecule has 0 aliphatic heterocycles. The Morgan fingerprint density at radius 3 is 2.75 bits per heavy atom. The third-order valence-electron chi connectivity index (χ3n) is 3.14. The molecule has 0 atom stereocenters. The summed E-state index contributed by atoms with van der Waals surface area (Å²) in [4.78, 5) is 19.4. The zero-order valence-corrected chi connectivity index (χ0v) is 9.36. The lowest BCUT2D eigenvalue weighted by atomic mass is 9.70. The van der Waals surface area contributed by atoms with Crippen molar-refractivity contribution in [3.63, 3.8) is 0 Å². The molecule has 1 aromatic rings. The Bertz CT molecular complexity index is 383. The molecular weight excluding hydrogens is 204 g/mol. The van der Waals surface area contributed by atoms with Gasteiger partial charge in [0.2, 0.25) is 0 Å². The number of nitrogens with one attached hydrogen (secondary N) is 1. The van der Waals surface area contributed by atoms with Crippen molar-refractivity contribution in [1.82, 2.24) is 15.3 Å². The quantitative estimate of drug-likeness (QED) is 0.795. The van der Waals surface area contributed by atoms with Gasteiger partial charge in [-0.15, -0.1) is 0 Å². The first-order valence-corrected chi connectivity index (χ1v) is 5.45. The van der Waals surface area contributed by atoms with Crippen LogP contribution in [-0.4, -0.2) is 22.4 Å². The highest BCUT2D eigenvalue weighted by atomic mass is 16.1. The summed E-state index contributed by atoms with van der Waals surface area (Å²) in [6, 6.07) is 0. The fourth-order valence-electron chi connectivity index (χ4n) is 1.80. The van der Waals surface area contributed by atoms with E-state index in [0.717, 1.165) is 0 Å².